The van der Waals surface area contributed by atoms with E-state index in [1.807, 2.05) is 11.3 Å². The second-order valence-electron chi connectivity index (χ2n) is 4.94. The van der Waals surface area contributed by atoms with Gasteiger partial charge in [0.1, 0.15) is 0 Å². The van der Waals surface area contributed by atoms with E-state index in [0.717, 1.165) is 19.0 Å². The zero-order valence-corrected chi connectivity index (χ0v) is 11.1. The fraction of sp³-hybridized carbons (Fsp3) is 0.692. The molecule has 1 heterocycles. The molecule has 0 bridgehead atoms. The summed E-state index contributed by atoms with van der Waals surface area (Å²) in [6.45, 7) is 5.69. The Morgan fingerprint density at radius 3 is 3.00 bits per heavy atom. The highest BCUT2D eigenvalue weighted by atomic mass is 32.1. The number of hydrogen-bond donors (Lipinski definition) is 1. The number of hydrogen-bond acceptors (Lipinski definition) is 3. The summed E-state index contributed by atoms with van der Waals surface area (Å²) in [5, 5.41) is 5.67. The van der Waals surface area contributed by atoms with Gasteiger partial charge >= 0.3 is 0 Å². The highest BCUT2D eigenvalue weighted by Crippen LogP contribution is 2.29. The van der Waals surface area contributed by atoms with Gasteiger partial charge in [0.15, 0.2) is 0 Å². The van der Waals surface area contributed by atoms with Crippen molar-refractivity contribution in [2.24, 2.45) is 5.92 Å². The largest absolute Gasteiger partial charge is 0.310 e. The predicted octanol–water partition coefficient (Wildman–Crippen LogP) is 2.57. The quantitative estimate of drug-likeness (QED) is 0.785. The van der Waals surface area contributed by atoms with Crippen molar-refractivity contribution in [3.63, 3.8) is 0 Å². The first kappa shape index (κ1) is 12.1. The standard InChI is InChI=1S/C13H22N2S/c1-11(15(2)10-12-5-6-12)8-14-9-13-4-3-7-16-13/h3-4,7,11-12,14H,5-6,8-10H2,1-2H3. The second kappa shape index (κ2) is 5.80. The molecule has 1 aliphatic carbocycles. The van der Waals surface area contributed by atoms with Gasteiger partial charge in [-0.15, -0.1) is 11.3 Å². The Kier molecular flexibility index (Phi) is 4.38. The van der Waals surface area contributed by atoms with Crippen LogP contribution in [-0.2, 0) is 6.54 Å². The van der Waals surface area contributed by atoms with Crippen molar-refractivity contribution >= 4 is 11.3 Å². The van der Waals surface area contributed by atoms with Crippen LogP contribution in [0.15, 0.2) is 17.5 Å². The molecule has 3 heteroatoms. The summed E-state index contributed by atoms with van der Waals surface area (Å²) < 4.78 is 0. The van der Waals surface area contributed by atoms with Gasteiger partial charge in [0.2, 0.25) is 0 Å². The molecule has 0 saturated heterocycles. The molecule has 1 atom stereocenters. The highest BCUT2D eigenvalue weighted by molar-refractivity contribution is 7.09. The van der Waals surface area contributed by atoms with Gasteiger partial charge in [-0.2, -0.15) is 0 Å². The predicted molar refractivity (Wildman–Crippen MR) is 70.8 cm³/mol. The van der Waals surface area contributed by atoms with E-state index in [2.05, 4.69) is 41.7 Å². The third kappa shape index (κ3) is 3.89. The molecular weight excluding hydrogens is 216 g/mol. The lowest BCUT2D eigenvalue weighted by molar-refractivity contribution is 0.241. The summed E-state index contributed by atoms with van der Waals surface area (Å²) in [5.74, 6) is 0.991. The first-order valence-corrected chi connectivity index (χ1v) is 7.07. The molecule has 0 amide bonds. The van der Waals surface area contributed by atoms with E-state index in [1.165, 1.54) is 24.3 Å². The van der Waals surface area contributed by atoms with Crippen LogP contribution in [0.5, 0.6) is 0 Å². The Morgan fingerprint density at radius 1 is 1.56 bits per heavy atom. The van der Waals surface area contributed by atoms with E-state index in [-0.39, 0.29) is 0 Å². The van der Waals surface area contributed by atoms with Crippen LogP contribution in [0.4, 0.5) is 0 Å². The SMILES string of the molecule is CC(CNCc1cccs1)N(C)CC1CC1. The minimum absolute atomic E-state index is 0.639. The van der Waals surface area contributed by atoms with Gasteiger partial charge in [0.25, 0.3) is 0 Å². The van der Waals surface area contributed by atoms with Gasteiger partial charge in [0.05, 0.1) is 0 Å². The van der Waals surface area contributed by atoms with Gasteiger partial charge in [-0.05, 0) is 44.2 Å². The number of nitrogens with one attached hydrogen (secondary N) is 1. The summed E-state index contributed by atoms with van der Waals surface area (Å²) in [5.41, 5.74) is 0. The molecule has 0 radical (unpaired) electrons. The van der Waals surface area contributed by atoms with Crippen LogP contribution in [0.25, 0.3) is 0 Å². The Hall–Kier alpha value is -0.380. The minimum atomic E-state index is 0.639. The van der Waals surface area contributed by atoms with E-state index in [9.17, 15) is 0 Å². The summed E-state index contributed by atoms with van der Waals surface area (Å²) in [6.07, 6.45) is 2.89. The maximum Gasteiger partial charge on any atom is 0.0300 e. The molecule has 2 nitrogen and oxygen atoms in total. The average molecular weight is 238 g/mol. The van der Waals surface area contributed by atoms with Crippen molar-refractivity contribution in [3.05, 3.63) is 22.4 Å². The Morgan fingerprint density at radius 2 is 2.38 bits per heavy atom. The fourth-order valence-corrected chi connectivity index (χ4v) is 2.54. The van der Waals surface area contributed by atoms with Crippen LogP contribution >= 0.6 is 11.3 Å². The van der Waals surface area contributed by atoms with Gasteiger partial charge in [-0.25, -0.2) is 0 Å². The number of thiophene rings is 1. The number of likely N-dealkylation sites (N-methyl/N-ethyl adjacent to an activating group) is 1. The third-order valence-electron chi connectivity index (χ3n) is 3.31. The van der Waals surface area contributed by atoms with E-state index in [1.54, 1.807) is 0 Å². The first-order valence-electron chi connectivity index (χ1n) is 6.19. The van der Waals surface area contributed by atoms with E-state index in [0.29, 0.717) is 6.04 Å². The Balaban J connectivity index is 1.60. The van der Waals surface area contributed by atoms with Crippen LogP contribution in [0.3, 0.4) is 0 Å². The summed E-state index contributed by atoms with van der Waals surface area (Å²) >= 11 is 1.83. The van der Waals surface area contributed by atoms with Crippen LogP contribution in [0, 0.1) is 5.92 Å². The van der Waals surface area contributed by atoms with Crippen molar-refractivity contribution < 1.29 is 0 Å². The molecular formula is C13H22N2S. The molecule has 1 aliphatic rings. The lowest BCUT2D eigenvalue weighted by atomic mass is 10.2. The Bertz CT molecular complexity index is 293. The van der Waals surface area contributed by atoms with Crippen molar-refractivity contribution in [1.82, 2.24) is 10.2 Å². The highest BCUT2D eigenvalue weighted by Gasteiger charge is 2.24. The topological polar surface area (TPSA) is 15.3 Å². The maximum atomic E-state index is 3.53. The van der Waals surface area contributed by atoms with Gasteiger partial charge in [-0.3, -0.25) is 0 Å². The van der Waals surface area contributed by atoms with Gasteiger partial charge in [0, 0.05) is 30.6 Å². The molecule has 2 rings (SSSR count). The minimum Gasteiger partial charge on any atom is -0.310 e. The van der Waals surface area contributed by atoms with Gasteiger partial charge in [-0.1, -0.05) is 6.07 Å². The first-order chi connectivity index (χ1) is 7.75. The zero-order chi connectivity index (χ0) is 11.4. The van der Waals surface area contributed by atoms with Crippen molar-refractivity contribution in [3.8, 4) is 0 Å². The molecule has 1 fully saturated rings. The van der Waals surface area contributed by atoms with Gasteiger partial charge < -0.3 is 10.2 Å². The molecule has 1 saturated carbocycles. The van der Waals surface area contributed by atoms with Crippen LogP contribution in [0.2, 0.25) is 0 Å². The van der Waals surface area contributed by atoms with E-state index in [4.69, 9.17) is 0 Å². The normalized spacial score (nSPS) is 17.9. The fourth-order valence-electron chi connectivity index (χ4n) is 1.86. The average Bonchev–Trinajstić information content (AvgIpc) is 2.93. The molecule has 90 valence electrons. The lowest BCUT2D eigenvalue weighted by Gasteiger charge is -2.24. The van der Waals surface area contributed by atoms with Crippen molar-refractivity contribution in [2.45, 2.75) is 32.4 Å². The molecule has 0 aliphatic heterocycles. The Labute approximate surface area is 103 Å². The molecule has 0 spiro atoms. The molecule has 16 heavy (non-hydrogen) atoms. The molecule has 0 aromatic carbocycles. The maximum absolute atomic E-state index is 3.53. The van der Waals surface area contributed by atoms with E-state index >= 15 is 0 Å². The number of rotatable bonds is 7. The summed E-state index contributed by atoms with van der Waals surface area (Å²) in [6, 6.07) is 4.95. The van der Waals surface area contributed by atoms with E-state index < -0.39 is 0 Å². The zero-order valence-electron chi connectivity index (χ0n) is 10.3. The molecule has 1 N–H and O–H groups in total. The monoisotopic (exact) mass is 238 g/mol. The second-order valence-corrected chi connectivity index (χ2v) is 5.97. The van der Waals surface area contributed by atoms with Crippen LogP contribution in [0.1, 0.15) is 24.6 Å². The van der Waals surface area contributed by atoms with Crippen molar-refractivity contribution in [2.75, 3.05) is 20.1 Å². The summed E-state index contributed by atoms with van der Waals surface area (Å²) in [4.78, 5) is 3.91. The molecule has 1 unspecified atom stereocenters. The smallest absolute Gasteiger partial charge is 0.0300 e. The molecule has 1 aromatic heterocycles. The van der Waals surface area contributed by atoms with Crippen LogP contribution < -0.4 is 5.32 Å². The summed E-state index contributed by atoms with van der Waals surface area (Å²) in [7, 11) is 2.25. The number of nitrogens with zero attached hydrogens (tertiary/aromatic N) is 1. The molecule has 1 aromatic rings. The van der Waals surface area contributed by atoms with Crippen LogP contribution in [-0.4, -0.2) is 31.1 Å². The van der Waals surface area contributed by atoms with Crippen molar-refractivity contribution in [1.29, 1.82) is 0 Å². The third-order valence-corrected chi connectivity index (χ3v) is 4.19. The lowest BCUT2D eigenvalue weighted by Crippen LogP contribution is -2.38.